The Morgan fingerprint density at radius 2 is 1.50 bits per heavy atom. The summed E-state index contributed by atoms with van der Waals surface area (Å²) in [6, 6.07) is 0. The van der Waals surface area contributed by atoms with Crippen molar-refractivity contribution in [1.29, 1.82) is 10.8 Å². The van der Waals surface area contributed by atoms with Crippen LogP contribution in [0.5, 0.6) is 0 Å². The van der Waals surface area contributed by atoms with Crippen LogP contribution in [0.2, 0.25) is 0 Å². The molecule has 6 N–H and O–H groups in total. The second kappa shape index (κ2) is 2.41. The first-order valence-electron chi connectivity index (χ1n) is 1.65. The Morgan fingerprint density at radius 3 is 1.50 bits per heavy atom. The molecule has 0 aliphatic heterocycles. The molecule has 0 aromatic heterocycles. The molecule has 5 nitrogen and oxygen atoms in total. The predicted octanol–water partition coefficient (Wildman–Crippen LogP) is -1.48. The van der Waals surface area contributed by atoms with Crippen molar-refractivity contribution in [2.45, 2.75) is 0 Å². The van der Waals surface area contributed by atoms with Crippen molar-refractivity contribution in [1.82, 2.24) is 0 Å². The topological polar surface area (TPSA) is 117 Å². The Labute approximate surface area is 48.5 Å². The smallest absolute Gasteiger partial charge is 0.190 e. The van der Waals surface area contributed by atoms with E-state index in [-0.39, 0.29) is 0 Å². The molecule has 46 valence electrons. The van der Waals surface area contributed by atoms with Crippen molar-refractivity contribution in [2.75, 3.05) is 0 Å². The fraction of sp³-hybridized carbons (Fsp3) is 0. The molecule has 0 bridgehead atoms. The zero-order chi connectivity index (χ0) is 6.73. The van der Waals surface area contributed by atoms with Crippen molar-refractivity contribution in [3.8, 4) is 0 Å². The van der Waals surface area contributed by atoms with E-state index in [0.717, 1.165) is 0 Å². The minimum absolute atomic E-state index is 0.586. The molecule has 0 amide bonds. The average Bonchev–Trinajstić information content (AvgIpc) is 1.64. The molecular weight excluding hydrogens is 128 g/mol. The molecule has 0 spiro atoms. The minimum atomic E-state index is -1.90. The third-order valence-electron chi connectivity index (χ3n) is 0.399. The molecular formula is C2H6N4OS. The number of nitrogens with two attached hydrogens (primary N) is 2. The second-order valence-corrected chi connectivity index (χ2v) is 2.41. The highest BCUT2D eigenvalue weighted by Gasteiger charge is 2.03. The molecule has 0 rings (SSSR count). The molecule has 0 heterocycles. The van der Waals surface area contributed by atoms with Gasteiger partial charge in [-0.3, -0.25) is 10.8 Å². The van der Waals surface area contributed by atoms with Crippen LogP contribution in [0.15, 0.2) is 0 Å². The van der Waals surface area contributed by atoms with Crippen LogP contribution in [0.25, 0.3) is 0 Å². The zero-order valence-electron chi connectivity index (χ0n) is 3.97. The van der Waals surface area contributed by atoms with Crippen LogP contribution >= 0.6 is 0 Å². The lowest BCUT2D eigenvalue weighted by atomic mass is 11.3. The van der Waals surface area contributed by atoms with E-state index in [1.54, 1.807) is 0 Å². The number of rotatable bonds is 0. The summed E-state index contributed by atoms with van der Waals surface area (Å²) in [7, 11) is -1.90. The summed E-state index contributed by atoms with van der Waals surface area (Å²) in [6.45, 7) is 0. The summed E-state index contributed by atoms with van der Waals surface area (Å²) < 4.78 is 10.3. The molecule has 0 fully saturated rings. The fourth-order valence-corrected chi connectivity index (χ4v) is 0.355. The SMILES string of the molecule is N=C(N)S(=O)C(=N)N. The van der Waals surface area contributed by atoms with Gasteiger partial charge < -0.3 is 11.5 Å². The van der Waals surface area contributed by atoms with E-state index >= 15 is 0 Å². The molecule has 0 aliphatic rings. The van der Waals surface area contributed by atoms with Crippen LogP contribution < -0.4 is 11.5 Å². The number of hydrogen-bond acceptors (Lipinski definition) is 3. The van der Waals surface area contributed by atoms with Gasteiger partial charge >= 0.3 is 0 Å². The highest BCUT2D eigenvalue weighted by atomic mass is 32.2. The first-order valence-corrected chi connectivity index (χ1v) is 2.80. The summed E-state index contributed by atoms with van der Waals surface area (Å²) in [5.74, 6) is 0. The van der Waals surface area contributed by atoms with Crippen molar-refractivity contribution in [3.05, 3.63) is 0 Å². The van der Waals surface area contributed by atoms with Crippen LogP contribution in [-0.4, -0.2) is 14.5 Å². The van der Waals surface area contributed by atoms with E-state index in [9.17, 15) is 4.21 Å². The third kappa shape index (κ3) is 1.69. The Balaban J connectivity index is 4.05. The fourth-order valence-electron chi connectivity index (χ4n) is 0.118. The molecule has 8 heavy (non-hydrogen) atoms. The van der Waals surface area contributed by atoms with E-state index in [4.69, 9.17) is 22.3 Å². The van der Waals surface area contributed by atoms with Crippen LogP contribution in [0, 0.1) is 10.8 Å². The van der Waals surface area contributed by atoms with Gasteiger partial charge in [0.15, 0.2) is 21.1 Å². The minimum Gasteiger partial charge on any atom is -0.376 e. The molecule has 0 aliphatic carbocycles. The summed E-state index contributed by atoms with van der Waals surface area (Å²) in [5.41, 5.74) is 9.40. The van der Waals surface area contributed by atoms with Gasteiger partial charge in [-0.25, -0.2) is 4.21 Å². The van der Waals surface area contributed by atoms with Gasteiger partial charge in [0, 0.05) is 0 Å². The number of amidine groups is 2. The summed E-state index contributed by atoms with van der Waals surface area (Å²) in [6.07, 6.45) is 0. The quantitative estimate of drug-likeness (QED) is 0.239. The molecule has 0 saturated heterocycles. The first-order chi connectivity index (χ1) is 3.55. The lowest BCUT2D eigenvalue weighted by molar-refractivity contribution is 0.695. The monoisotopic (exact) mass is 134 g/mol. The van der Waals surface area contributed by atoms with Crippen molar-refractivity contribution >= 4 is 21.1 Å². The summed E-state index contributed by atoms with van der Waals surface area (Å²) in [5, 5.41) is 11.8. The van der Waals surface area contributed by atoms with Crippen LogP contribution in [0.4, 0.5) is 0 Å². The predicted molar refractivity (Wildman–Crippen MR) is 32.0 cm³/mol. The average molecular weight is 134 g/mol. The van der Waals surface area contributed by atoms with E-state index in [1.165, 1.54) is 0 Å². The zero-order valence-corrected chi connectivity index (χ0v) is 4.79. The second-order valence-electron chi connectivity index (χ2n) is 0.997. The maximum Gasteiger partial charge on any atom is 0.190 e. The van der Waals surface area contributed by atoms with E-state index in [1.807, 2.05) is 0 Å². The van der Waals surface area contributed by atoms with Gasteiger partial charge in [0.2, 0.25) is 0 Å². The largest absolute Gasteiger partial charge is 0.376 e. The molecule has 6 heteroatoms. The molecule has 0 aromatic rings. The third-order valence-corrected chi connectivity index (χ3v) is 1.20. The Bertz CT molecular complexity index is 136. The highest BCUT2D eigenvalue weighted by Crippen LogP contribution is 1.73. The van der Waals surface area contributed by atoms with E-state index in [2.05, 4.69) is 0 Å². The maximum atomic E-state index is 10.3. The number of hydrogen-bond donors (Lipinski definition) is 4. The molecule has 0 radical (unpaired) electrons. The standard InChI is InChI=1S/C2H6N4OS/c3-1(4)8(7)2(5)6/h(H3,3,4)(H3,5,6). The Kier molecular flexibility index (Phi) is 2.14. The lowest BCUT2D eigenvalue weighted by Gasteiger charge is -1.91. The van der Waals surface area contributed by atoms with Crippen LogP contribution in [0.1, 0.15) is 0 Å². The maximum absolute atomic E-state index is 10.3. The Hall–Kier alpha value is -0.910. The van der Waals surface area contributed by atoms with Crippen molar-refractivity contribution in [2.24, 2.45) is 11.5 Å². The van der Waals surface area contributed by atoms with Gasteiger partial charge in [-0.2, -0.15) is 0 Å². The van der Waals surface area contributed by atoms with Gasteiger partial charge in [0.05, 0.1) is 0 Å². The highest BCUT2D eigenvalue weighted by molar-refractivity contribution is 8.13. The summed E-state index contributed by atoms with van der Waals surface area (Å²) >= 11 is 0. The molecule has 0 saturated carbocycles. The van der Waals surface area contributed by atoms with Crippen molar-refractivity contribution < 1.29 is 4.21 Å². The van der Waals surface area contributed by atoms with E-state index < -0.39 is 21.1 Å². The lowest BCUT2D eigenvalue weighted by Crippen LogP contribution is -2.28. The Morgan fingerprint density at radius 1 is 1.25 bits per heavy atom. The van der Waals surface area contributed by atoms with E-state index in [0.29, 0.717) is 0 Å². The van der Waals surface area contributed by atoms with Gasteiger partial charge in [-0.15, -0.1) is 0 Å². The van der Waals surface area contributed by atoms with Crippen LogP contribution in [0.3, 0.4) is 0 Å². The van der Waals surface area contributed by atoms with Gasteiger partial charge in [-0.1, -0.05) is 0 Å². The van der Waals surface area contributed by atoms with Crippen molar-refractivity contribution in [3.63, 3.8) is 0 Å². The number of nitrogens with one attached hydrogen (secondary N) is 2. The van der Waals surface area contributed by atoms with Gasteiger partial charge in [0.25, 0.3) is 0 Å². The first kappa shape index (κ1) is 7.09. The van der Waals surface area contributed by atoms with Gasteiger partial charge in [0.1, 0.15) is 0 Å². The summed E-state index contributed by atoms with van der Waals surface area (Å²) in [4.78, 5) is 0. The molecule has 0 unspecified atom stereocenters. The molecule has 0 atom stereocenters. The molecule has 0 aromatic carbocycles. The van der Waals surface area contributed by atoms with Gasteiger partial charge in [-0.05, 0) is 0 Å². The van der Waals surface area contributed by atoms with Crippen LogP contribution in [-0.2, 0) is 10.8 Å². The normalized spacial score (nSPS) is 12.5.